The maximum absolute atomic E-state index is 12.3. The molecule has 0 aliphatic rings. The van der Waals surface area contributed by atoms with Gasteiger partial charge in [-0.3, -0.25) is 0 Å². The second-order valence-corrected chi connectivity index (χ2v) is 6.31. The van der Waals surface area contributed by atoms with E-state index in [1.165, 1.54) is 7.11 Å². The van der Waals surface area contributed by atoms with Crippen molar-refractivity contribution in [3.05, 3.63) is 65.9 Å². The Hall–Kier alpha value is -3.48. The number of para-hydroxylation sites is 1. The summed E-state index contributed by atoms with van der Waals surface area (Å²) in [4.78, 5) is 27.6. The molecule has 1 atom stereocenters. The molecule has 0 spiro atoms. The molecule has 3 N–H and O–H groups in total. The van der Waals surface area contributed by atoms with Crippen LogP contribution in [0.1, 0.15) is 11.1 Å². The third-order valence-corrected chi connectivity index (χ3v) is 4.50. The summed E-state index contributed by atoms with van der Waals surface area (Å²) >= 11 is 0. The molecule has 0 saturated carbocycles. The van der Waals surface area contributed by atoms with Gasteiger partial charge in [0.1, 0.15) is 11.8 Å². The highest BCUT2D eigenvalue weighted by Gasteiger charge is 2.23. The molecule has 0 bridgehead atoms. The molecule has 2 aromatic carbocycles. The largest absolute Gasteiger partial charge is 0.497 e. The summed E-state index contributed by atoms with van der Waals surface area (Å²) in [5, 5.41) is 6.47. The number of carbonyl (C=O) groups is 2. The number of aromatic nitrogens is 1. The maximum Gasteiger partial charge on any atom is 0.328 e. The van der Waals surface area contributed by atoms with Gasteiger partial charge in [0.2, 0.25) is 0 Å². The van der Waals surface area contributed by atoms with Crippen molar-refractivity contribution in [2.75, 3.05) is 14.2 Å². The molecule has 0 fully saturated rings. The number of amides is 2. The van der Waals surface area contributed by atoms with Crippen LogP contribution in [0, 0.1) is 0 Å². The predicted molar refractivity (Wildman–Crippen MR) is 106 cm³/mol. The van der Waals surface area contributed by atoms with Gasteiger partial charge < -0.3 is 25.1 Å². The lowest BCUT2D eigenvalue weighted by molar-refractivity contribution is -0.142. The fraction of sp³-hybridized carbons (Fsp3) is 0.238. The lowest BCUT2D eigenvalue weighted by atomic mass is 10.1. The molecule has 7 nitrogen and oxygen atoms in total. The average molecular weight is 381 g/mol. The summed E-state index contributed by atoms with van der Waals surface area (Å²) in [5.74, 6) is 0.252. The Morgan fingerprint density at radius 1 is 1.07 bits per heavy atom. The molecular weight excluding hydrogens is 358 g/mol. The van der Waals surface area contributed by atoms with E-state index in [0.29, 0.717) is 13.0 Å². The average Bonchev–Trinajstić information content (AvgIpc) is 3.14. The van der Waals surface area contributed by atoms with Gasteiger partial charge in [0.25, 0.3) is 0 Å². The highest BCUT2D eigenvalue weighted by Crippen LogP contribution is 2.19. The monoisotopic (exact) mass is 381 g/mol. The molecule has 1 aromatic heterocycles. The number of methoxy groups -OCH3 is 2. The van der Waals surface area contributed by atoms with E-state index in [4.69, 9.17) is 9.47 Å². The first-order valence-corrected chi connectivity index (χ1v) is 8.91. The molecular formula is C21H23N3O4. The summed E-state index contributed by atoms with van der Waals surface area (Å²) in [6.45, 7) is 0.330. The van der Waals surface area contributed by atoms with Gasteiger partial charge in [0, 0.05) is 30.1 Å². The molecule has 0 unspecified atom stereocenters. The number of fused-ring (bicyclic) bond motifs is 1. The van der Waals surface area contributed by atoms with Gasteiger partial charge in [-0.2, -0.15) is 0 Å². The van der Waals surface area contributed by atoms with Crippen molar-refractivity contribution in [1.29, 1.82) is 0 Å². The molecule has 3 rings (SSSR count). The third-order valence-electron chi connectivity index (χ3n) is 4.50. The Morgan fingerprint density at radius 3 is 2.54 bits per heavy atom. The van der Waals surface area contributed by atoms with Crippen LogP contribution in [0.4, 0.5) is 4.79 Å². The van der Waals surface area contributed by atoms with E-state index >= 15 is 0 Å². The number of H-pyrrole nitrogens is 1. The van der Waals surface area contributed by atoms with Crippen molar-refractivity contribution >= 4 is 22.9 Å². The topological polar surface area (TPSA) is 92.5 Å². The van der Waals surface area contributed by atoms with Gasteiger partial charge >= 0.3 is 12.0 Å². The van der Waals surface area contributed by atoms with E-state index in [0.717, 1.165) is 27.8 Å². The van der Waals surface area contributed by atoms with Crippen molar-refractivity contribution in [2.24, 2.45) is 0 Å². The van der Waals surface area contributed by atoms with Crippen LogP contribution >= 0.6 is 0 Å². The van der Waals surface area contributed by atoms with E-state index < -0.39 is 18.0 Å². The normalized spacial score (nSPS) is 11.6. The van der Waals surface area contributed by atoms with Crippen molar-refractivity contribution in [3.63, 3.8) is 0 Å². The van der Waals surface area contributed by atoms with Crippen molar-refractivity contribution in [3.8, 4) is 5.75 Å². The standard InChI is InChI=1S/C21H23N3O4/c1-27-16-9-7-14(8-10-16)12-23-21(26)24-19(20(25)28-2)11-15-13-22-18-6-4-3-5-17(15)18/h3-10,13,19,22H,11-12H2,1-2H3,(H2,23,24,26)/t19-/m0/s1. The van der Waals surface area contributed by atoms with Crippen LogP contribution in [0.2, 0.25) is 0 Å². The van der Waals surface area contributed by atoms with Gasteiger partial charge in [-0.05, 0) is 29.3 Å². The number of esters is 1. The molecule has 0 aliphatic heterocycles. The van der Waals surface area contributed by atoms with Gasteiger partial charge in [-0.25, -0.2) is 9.59 Å². The van der Waals surface area contributed by atoms with E-state index in [1.807, 2.05) is 54.7 Å². The van der Waals surface area contributed by atoms with Crippen LogP contribution in [-0.4, -0.2) is 37.2 Å². The molecule has 3 aromatic rings. The molecule has 28 heavy (non-hydrogen) atoms. The molecule has 0 radical (unpaired) electrons. The lowest BCUT2D eigenvalue weighted by Crippen LogP contribution is -2.47. The van der Waals surface area contributed by atoms with Crippen molar-refractivity contribution in [2.45, 2.75) is 19.0 Å². The lowest BCUT2D eigenvalue weighted by Gasteiger charge is -2.17. The number of urea groups is 1. The van der Waals surface area contributed by atoms with Gasteiger partial charge in [-0.1, -0.05) is 30.3 Å². The van der Waals surface area contributed by atoms with E-state index in [-0.39, 0.29) is 0 Å². The first kappa shape index (κ1) is 19.3. The van der Waals surface area contributed by atoms with Crippen LogP contribution in [-0.2, 0) is 22.5 Å². The second kappa shape index (κ2) is 8.94. The number of rotatable bonds is 7. The molecule has 0 aliphatic carbocycles. The van der Waals surface area contributed by atoms with Crippen LogP contribution < -0.4 is 15.4 Å². The zero-order valence-corrected chi connectivity index (χ0v) is 15.8. The second-order valence-electron chi connectivity index (χ2n) is 6.31. The Balaban J connectivity index is 1.63. The fourth-order valence-electron chi connectivity index (χ4n) is 2.99. The fourth-order valence-corrected chi connectivity index (χ4v) is 2.99. The van der Waals surface area contributed by atoms with Crippen molar-refractivity contribution in [1.82, 2.24) is 15.6 Å². The smallest absolute Gasteiger partial charge is 0.328 e. The van der Waals surface area contributed by atoms with Crippen LogP contribution in [0.3, 0.4) is 0 Å². The third kappa shape index (κ3) is 4.62. The van der Waals surface area contributed by atoms with Crippen LogP contribution in [0.5, 0.6) is 5.75 Å². The zero-order valence-electron chi connectivity index (χ0n) is 15.8. The Bertz CT molecular complexity index is 950. The molecule has 0 saturated heterocycles. The molecule has 1 heterocycles. The summed E-state index contributed by atoms with van der Waals surface area (Å²) in [5.41, 5.74) is 2.83. The zero-order chi connectivity index (χ0) is 19.9. The number of nitrogens with one attached hydrogen (secondary N) is 3. The number of aromatic amines is 1. The van der Waals surface area contributed by atoms with E-state index in [2.05, 4.69) is 15.6 Å². The van der Waals surface area contributed by atoms with E-state index in [9.17, 15) is 9.59 Å². The summed E-state index contributed by atoms with van der Waals surface area (Å²) < 4.78 is 9.97. The first-order chi connectivity index (χ1) is 13.6. The minimum absolute atomic E-state index is 0.326. The highest BCUT2D eigenvalue weighted by molar-refractivity contribution is 5.86. The SMILES string of the molecule is COC(=O)[C@H](Cc1c[nH]c2ccccc12)NC(=O)NCc1ccc(OC)cc1. The number of hydrogen-bond donors (Lipinski definition) is 3. The first-order valence-electron chi connectivity index (χ1n) is 8.91. The Labute approximate surface area is 163 Å². The molecule has 146 valence electrons. The minimum Gasteiger partial charge on any atom is -0.497 e. The van der Waals surface area contributed by atoms with Crippen LogP contribution in [0.25, 0.3) is 10.9 Å². The van der Waals surface area contributed by atoms with Gasteiger partial charge in [-0.15, -0.1) is 0 Å². The maximum atomic E-state index is 12.3. The van der Waals surface area contributed by atoms with Crippen molar-refractivity contribution < 1.29 is 19.1 Å². The Morgan fingerprint density at radius 2 is 1.82 bits per heavy atom. The summed E-state index contributed by atoms with van der Waals surface area (Å²) in [6.07, 6.45) is 2.17. The van der Waals surface area contributed by atoms with E-state index in [1.54, 1.807) is 7.11 Å². The number of ether oxygens (including phenoxy) is 2. The Kier molecular flexibility index (Phi) is 6.16. The summed E-state index contributed by atoms with van der Waals surface area (Å²) in [7, 11) is 2.91. The highest BCUT2D eigenvalue weighted by atomic mass is 16.5. The van der Waals surface area contributed by atoms with Crippen LogP contribution in [0.15, 0.2) is 54.7 Å². The van der Waals surface area contributed by atoms with Gasteiger partial charge in [0.15, 0.2) is 0 Å². The minimum atomic E-state index is -0.792. The molecule has 7 heteroatoms. The summed E-state index contributed by atoms with van der Waals surface area (Å²) in [6, 6.07) is 13.9. The number of hydrogen-bond acceptors (Lipinski definition) is 4. The quantitative estimate of drug-likeness (QED) is 0.549. The predicted octanol–water partition coefficient (Wildman–Crippen LogP) is 2.76. The number of benzene rings is 2. The molecule has 2 amide bonds. The van der Waals surface area contributed by atoms with Gasteiger partial charge in [0.05, 0.1) is 14.2 Å². The number of carbonyl (C=O) groups excluding carboxylic acids is 2.